The summed E-state index contributed by atoms with van der Waals surface area (Å²) in [6.45, 7) is 2.62. The molecule has 0 radical (unpaired) electrons. The first kappa shape index (κ1) is 12.0. The van der Waals surface area contributed by atoms with Crippen molar-refractivity contribution in [3.63, 3.8) is 0 Å². The van der Waals surface area contributed by atoms with E-state index in [0.717, 1.165) is 16.8 Å². The fourth-order valence-corrected chi connectivity index (χ4v) is 1.58. The fourth-order valence-electron chi connectivity index (χ4n) is 1.58. The minimum Gasteiger partial charge on any atom is -0.380 e. The molecule has 5 heteroatoms. The third-order valence-corrected chi connectivity index (χ3v) is 2.67. The third kappa shape index (κ3) is 2.82. The van der Waals surface area contributed by atoms with Crippen molar-refractivity contribution >= 4 is 11.4 Å². The van der Waals surface area contributed by atoms with Gasteiger partial charge in [0.1, 0.15) is 0 Å². The van der Waals surface area contributed by atoms with E-state index in [0.29, 0.717) is 6.54 Å². The predicted octanol–water partition coefficient (Wildman–Crippen LogP) is 2.91. The van der Waals surface area contributed by atoms with Crippen LogP contribution in [0.25, 0.3) is 0 Å². The van der Waals surface area contributed by atoms with Gasteiger partial charge in [-0.3, -0.25) is 15.1 Å². The molecule has 2 aromatic rings. The lowest BCUT2D eigenvalue weighted by molar-refractivity contribution is -0.384. The third-order valence-electron chi connectivity index (χ3n) is 2.67. The summed E-state index contributed by atoms with van der Waals surface area (Å²) in [7, 11) is 0. The molecule has 0 spiro atoms. The molecule has 0 aliphatic heterocycles. The summed E-state index contributed by atoms with van der Waals surface area (Å²) in [5.74, 6) is 0. The Labute approximate surface area is 105 Å². The van der Waals surface area contributed by atoms with Crippen LogP contribution in [0.1, 0.15) is 11.1 Å². The highest BCUT2D eigenvalue weighted by Gasteiger charge is 2.04. The molecule has 18 heavy (non-hydrogen) atoms. The lowest BCUT2D eigenvalue weighted by Gasteiger charge is -2.08. The van der Waals surface area contributed by atoms with Gasteiger partial charge in [-0.05, 0) is 24.1 Å². The summed E-state index contributed by atoms with van der Waals surface area (Å²) in [6.07, 6.45) is 3.51. The van der Waals surface area contributed by atoms with E-state index in [9.17, 15) is 10.1 Å². The van der Waals surface area contributed by atoms with Crippen molar-refractivity contribution in [3.8, 4) is 0 Å². The molecule has 92 valence electrons. The average molecular weight is 243 g/mol. The normalized spacial score (nSPS) is 10.1. The van der Waals surface area contributed by atoms with Crippen molar-refractivity contribution in [3.05, 3.63) is 64.0 Å². The van der Waals surface area contributed by atoms with Crippen LogP contribution in [0.5, 0.6) is 0 Å². The van der Waals surface area contributed by atoms with E-state index >= 15 is 0 Å². The molecule has 0 saturated carbocycles. The van der Waals surface area contributed by atoms with E-state index in [1.54, 1.807) is 24.5 Å². The number of nitrogens with one attached hydrogen (secondary N) is 1. The first-order valence-electron chi connectivity index (χ1n) is 5.54. The number of benzene rings is 1. The minimum absolute atomic E-state index is 0.108. The van der Waals surface area contributed by atoms with Crippen LogP contribution in [0.3, 0.4) is 0 Å². The summed E-state index contributed by atoms with van der Waals surface area (Å²) < 4.78 is 0. The van der Waals surface area contributed by atoms with Crippen molar-refractivity contribution in [1.29, 1.82) is 0 Å². The highest BCUT2D eigenvalue weighted by molar-refractivity contribution is 5.48. The number of anilines is 1. The number of aromatic nitrogens is 1. The van der Waals surface area contributed by atoms with Gasteiger partial charge < -0.3 is 5.32 Å². The van der Waals surface area contributed by atoms with E-state index in [2.05, 4.69) is 10.3 Å². The van der Waals surface area contributed by atoms with E-state index in [1.807, 2.05) is 13.0 Å². The zero-order chi connectivity index (χ0) is 13.0. The van der Waals surface area contributed by atoms with E-state index in [1.165, 1.54) is 12.1 Å². The van der Waals surface area contributed by atoms with Gasteiger partial charge in [-0.15, -0.1) is 0 Å². The van der Waals surface area contributed by atoms with Crippen molar-refractivity contribution in [2.75, 3.05) is 5.32 Å². The maximum atomic E-state index is 10.5. The van der Waals surface area contributed by atoms with Crippen LogP contribution in [0, 0.1) is 17.0 Å². The molecule has 0 aliphatic rings. The number of nitro benzene ring substituents is 1. The molecule has 0 unspecified atom stereocenters. The summed E-state index contributed by atoms with van der Waals surface area (Å²) in [4.78, 5) is 14.2. The Balaban J connectivity index is 2.02. The number of pyridine rings is 1. The molecule has 0 fully saturated rings. The first-order chi connectivity index (χ1) is 8.66. The molecule has 0 saturated heterocycles. The number of nitro groups is 1. The van der Waals surface area contributed by atoms with Gasteiger partial charge >= 0.3 is 0 Å². The van der Waals surface area contributed by atoms with Crippen LogP contribution >= 0.6 is 0 Å². The number of hydrogen-bond acceptors (Lipinski definition) is 4. The number of non-ortho nitro benzene ring substituents is 1. The van der Waals surface area contributed by atoms with Gasteiger partial charge in [-0.25, -0.2) is 0 Å². The maximum Gasteiger partial charge on any atom is 0.269 e. The van der Waals surface area contributed by atoms with Crippen LogP contribution in [0.2, 0.25) is 0 Å². The summed E-state index contributed by atoms with van der Waals surface area (Å²) in [6, 6.07) is 8.44. The van der Waals surface area contributed by atoms with Gasteiger partial charge in [0.25, 0.3) is 5.69 Å². The molecule has 0 amide bonds. The van der Waals surface area contributed by atoms with Gasteiger partial charge in [-0.2, -0.15) is 0 Å². The topological polar surface area (TPSA) is 68.1 Å². The SMILES string of the molecule is Cc1ccncc1NCc1ccc([N+](=O)[O-])cc1. The van der Waals surface area contributed by atoms with E-state index in [4.69, 9.17) is 0 Å². The number of nitrogens with zero attached hydrogens (tertiary/aromatic N) is 2. The Morgan fingerprint density at radius 3 is 2.61 bits per heavy atom. The van der Waals surface area contributed by atoms with E-state index < -0.39 is 4.92 Å². The Kier molecular flexibility index (Phi) is 3.52. The van der Waals surface area contributed by atoms with Crippen molar-refractivity contribution < 1.29 is 4.92 Å². The predicted molar refractivity (Wildman–Crippen MR) is 69.4 cm³/mol. The highest BCUT2D eigenvalue weighted by Crippen LogP contribution is 2.15. The molecular formula is C13H13N3O2. The Morgan fingerprint density at radius 2 is 2.00 bits per heavy atom. The Morgan fingerprint density at radius 1 is 1.28 bits per heavy atom. The fraction of sp³-hybridized carbons (Fsp3) is 0.154. The van der Waals surface area contributed by atoms with Gasteiger partial charge in [0.15, 0.2) is 0 Å². The molecule has 2 rings (SSSR count). The van der Waals surface area contributed by atoms with Gasteiger partial charge in [-0.1, -0.05) is 12.1 Å². The molecule has 1 heterocycles. The van der Waals surface area contributed by atoms with Crippen molar-refractivity contribution in [2.45, 2.75) is 13.5 Å². The van der Waals surface area contributed by atoms with Gasteiger partial charge in [0, 0.05) is 24.9 Å². The molecular weight excluding hydrogens is 230 g/mol. The monoisotopic (exact) mass is 243 g/mol. The number of hydrogen-bond donors (Lipinski definition) is 1. The van der Waals surface area contributed by atoms with Crippen LogP contribution in [0.15, 0.2) is 42.7 Å². The van der Waals surface area contributed by atoms with Gasteiger partial charge in [0.2, 0.25) is 0 Å². The molecule has 0 atom stereocenters. The second-order valence-electron chi connectivity index (χ2n) is 3.97. The highest BCUT2D eigenvalue weighted by atomic mass is 16.6. The maximum absolute atomic E-state index is 10.5. The van der Waals surface area contributed by atoms with Crippen LogP contribution < -0.4 is 5.32 Å². The largest absolute Gasteiger partial charge is 0.380 e. The number of aryl methyl sites for hydroxylation is 1. The molecule has 1 aromatic heterocycles. The average Bonchev–Trinajstić information content (AvgIpc) is 2.38. The van der Waals surface area contributed by atoms with E-state index in [-0.39, 0.29) is 5.69 Å². The molecule has 5 nitrogen and oxygen atoms in total. The Hall–Kier alpha value is -2.43. The van der Waals surface area contributed by atoms with Crippen molar-refractivity contribution in [2.24, 2.45) is 0 Å². The lowest BCUT2D eigenvalue weighted by atomic mass is 10.2. The molecule has 1 aromatic carbocycles. The zero-order valence-electron chi connectivity index (χ0n) is 9.96. The number of rotatable bonds is 4. The zero-order valence-corrected chi connectivity index (χ0v) is 9.96. The van der Waals surface area contributed by atoms with Crippen LogP contribution in [-0.2, 0) is 6.54 Å². The lowest BCUT2D eigenvalue weighted by Crippen LogP contribution is -2.01. The van der Waals surface area contributed by atoms with Crippen LogP contribution in [0.4, 0.5) is 11.4 Å². The molecule has 0 aliphatic carbocycles. The van der Waals surface area contributed by atoms with Gasteiger partial charge in [0.05, 0.1) is 16.8 Å². The summed E-state index contributed by atoms with van der Waals surface area (Å²) in [5.41, 5.74) is 3.18. The smallest absolute Gasteiger partial charge is 0.269 e. The summed E-state index contributed by atoms with van der Waals surface area (Å²) >= 11 is 0. The molecule has 0 bridgehead atoms. The minimum atomic E-state index is -0.400. The standard InChI is InChI=1S/C13H13N3O2/c1-10-6-7-14-9-13(10)15-8-11-2-4-12(5-3-11)16(17)18/h2-7,9,15H,8H2,1H3. The molecule has 1 N–H and O–H groups in total. The first-order valence-corrected chi connectivity index (χ1v) is 5.54. The quantitative estimate of drug-likeness (QED) is 0.662. The Bertz CT molecular complexity index is 552. The second kappa shape index (κ2) is 5.27. The van der Waals surface area contributed by atoms with Crippen molar-refractivity contribution in [1.82, 2.24) is 4.98 Å². The van der Waals surface area contributed by atoms with Crippen LogP contribution in [-0.4, -0.2) is 9.91 Å². The second-order valence-corrected chi connectivity index (χ2v) is 3.97. The summed E-state index contributed by atoms with van der Waals surface area (Å²) in [5, 5.41) is 13.8.